The van der Waals surface area contributed by atoms with Gasteiger partial charge in [0.05, 0.1) is 14.2 Å². The molecule has 0 radical (unpaired) electrons. The molecule has 0 saturated carbocycles. The van der Waals surface area contributed by atoms with Gasteiger partial charge in [0.1, 0.15) is 11.5 Å². The minimum atomic E-state index is 0.0622. The average Bonchev–Trinajstić information content (AvgIpc) is 2.44. The normalized spacial score (nSPS) is 10.3. The summed E-state index contributed by atoms with van der Waals surface area (Å²) in [5.41, 5.74) is 1.88. The van der Waals surface area contributed by atoms with Gasteiger partial charge in [-0.05, 0) is 36.8 Å². The first-order valence-corrected chi connectivity index (χ1v) is 5.82. The van der Waals surface area contributed by atoms with Gasteiger partial charge in [0, 0.05) is 11.1 Å². The van der Waals surface area contributed by atoms with E-state index in [1.807, 2.05) is 6.07 Å². The Balaban J connectivity index is 2.56. The van der Waals surface area contributed by atoms with E-state index in [1.54, 1.807) is 45.4 Å². The van der Waals surface area contributed by atoms with Crippen molar-refractivity contribution >= 4 is 0 Å². The highest BCUT2D eigenvalue weighted by molar-refractivity contribution is 5.75. The molecule has 0 spiro atoms. The molecule has 0 saturated heterocycles. The van der Waals surface area contributed by atoms with E-state index in [1.165, 1.54) is 0 Å². The van der Waals surface area contributed by atoms with Crippen LogP contribution in [-0.4, -0.2) is 24.4 Å². The molecule has 0 fully saturated rings. The summed E-state index contributed by atoms with van der Waals surface area (Å²) in [4.78, 5) is 0. The summed E-state index contributed by atoms with van der Waals surface area (Å²) < 4.78 is 10.4. The van der Waals surface area contributed by atoms with Gasteiger partial charge in [0.15, 0.2) is 11.5 Å². The van der Waals surface area contributed by atoms with Gasteiger partial charge in [-0.2, -0.15) is 0 Å². The maximum absolute atomic E-state index is 10.1. The van der Waals surface area contributed by atoms with E-state index in [2.05, 4.69) is 0 Å². The maximum atomic E-state index is 10.1. The summed E-state index contributed by atoms with van der Waals surface area (Å²) in [7, 11) is 3.13. The molecule has 0 aliphatic heterocycles. The zero-order chi connectivity index (χ0) is 14.0. The third-order valence-electron chi connectivity index (χ3n) is 3.10. The fourth-order valence-corrected chi connectivity index (χ4v) is 1.93. The second-order valence-corrected chi connectivity index (χ2v) is 4.18. The zero-order valence-electron chi connectivity index (χ0n) is 11.1. The SMILES string of the molecule is COc1ccc(-c2ccc(O)c(C)c2O)cc1OC. The molecule has 4 heteroatoms. The molecule has 2 rings (SSSR count). The molecule has 0 heterocycles. The van der Waals surface area contributed by atoms with Crippen LogP contribution in [0.2, 0.25) is 0 Å². The van der Waals surface area contributed by atoms with Crippen molar-refractivity contribution in [2.45, 2.75) is 6.92 Å². The van der Waals surface area contributed by atoms with Crippen LogP contribution in [0.3, 0.4) is 0 Å². The largest absolute Gasteiger partial charge is 0.508 e. The Bertz CT molecular complexity index is 605. The molecule has 4 nitrogen and oxygen atoms in total. The number of phenolic OH excluding ortho intramolecular Hbond substituents is 2. The van der Waals surface area contributed by atoms with E-state index >= 15 is 0 Å². The van der Waals surface area contributed by atoms with E-state index in [-0.39, 0.29) is 11.5 Å². The second kappa shape index (κ2) is 5.10. The maximum Gasteiger partial charge on any atom is 0.161 e. The molecule has 0 unspecified atom stereocenters. The lowest BCUT2D eigenvalue weighted by molar-refractivity contribution is 0.355. The van der Waals surface area contributed by atoms with Gasteiger partial charge < -0.3 is 19.7 Å². The number of rotatable bonds is 3. The Labute approximate surface area is 111 Å². The van der Waals surface area contributed by atoms with Gasteiger partial charge in [0.25, 0.3) is 0 Å². The monoisotopic (exact) mass is 260 g/mol. The smallest absolute Gasteiger partial charge is 0.161 e. The van der Waals surface area contributed by atoms with Crippen molar-refractivity contribution in [1.82, 2.24) is 0 Å². The fourth-order valence-electron chi connectivity index (χ4n) is 1.93. The third-order valence-corrected chi connectivity index (χ3v) is 3.10. The van der Waals surface area contributed by atoms with E-state index < -0.39 is 0 Å². The van der Waals surface area contributed by atoms with Gasteiger partial charge in [-0.15, -0.1) is 0 Å². The lowest BCUT2D eigenvalue weighted by Crippen LogP contribution is -1.91. The van der Waals surface area contributed by atoms with E-state index in [9.17, 15) is 10.2 Å². The van der Waals surface area contributed by atoms with Crippen LogP contribution in [0.15, 0.2) is 30.3 Å². The zero-order valence-corrected chi connectivity index (χ0v) is 11.1. The first-order valence-electron chi connectivity index (χ1n) is 5.82. The van der Waals surface area contributed by atoms with Crippen molar-refractivity contribution in [3.63, 3.8) is 0 Å². The van der Waals surface area contributed by atoms with Crippen molar-refractivity contribution in [1.29, 1.82) is 0 Å². The Morgan fingerprint density at radius 2 is 1.58 bits per heavy atom. The quantitative estimate of drug-likeness (QED) is 0.890. The molecule has 2 aromatic carbocycles. The standard InChI is InChI=1S/C15H16O4/c1-9-12(16)6-5-11(15(9)17)10-4-7-13(18-2)14(8-10)19-3/h4-8,16-17H,1-3H3. The Morgan fingerprint density at radius 1 is 0.895 bits per heavy atom. The van der Waals surface area contributed by atoms with Crippen LogP contribution >= 0.6 is 0 Å². The van der Waals surface area contributed by atoms with Crippen molar-refractivity contribution in [2.75, 3.05) is 14.2 Å². The number of benzene rings is 2. The predicted molar refractivity (Wildman–Crippen MR) is 73.0 cm³/mol. The summed E-state index contributed by atoms with van der Waals surface area (Å²) >= 11 is 0. The highest BCUT2D eigenvalue weighted by Gasteiger charge is 2.12. The van der Waals surface area contributed by atoms with Gasteiger partial charge in [0.2, 0.25) is 0 Å². The molecule has 0 bridgehead atoms. The Kier molecular flexibility index (Phi) is 3.51. The van der Waals surface area contributed by atoms with Crippen LogP contribution in [0.25, 0.3) is 11.1 Å². The molecule has 0 aliphatic carbocycles. The number of aromatic hydroxyl groups is 2. The predicted octanol–water partition coefficient (Wildman–Crippen LogP) is 3.09. The first-order chi connectivity index (χ1) is 9.08. The lowest BCUT2D eigenvalue weighted by Gasteiger charge is -2.12. The van der Waals surface area contributed by atoms with Crippen molar-refractivity contribution in [3.8, 4) is 34.1 Å². The minimum absolute atomic E-state index is 0.0622. The van der Waals surface area contributed by atoms with Crippen LogP contribution in [0.4, 0.5) is 0 Å². The fraction of sp³-hybridized carbons (Fsp3) is 0.200. The van der Waals surface area contributed by atoms with Gasteiger partial charge >= 0.3 is 0 Å². The van der Waals surface area contributed by atoms with Gasteiger partial charge in [-0.3, -0.25) is 0 Å². The lowest BCUT2D eigenvalue weighted by atomic mass is 10.0. The van der Waals surface area contributed by atoms with E-state index in [0.717, 1.165) is 5.56 Å². The van der Waals surface area contributed by atoms with Crippen molar-refractivity contribution in [3.05, 3.63) is 35.9 Å². The number of hydrogen-bond donors (Lipinski definition) is 2. The first kappa shape index (κ1) is 13.1. The Hall–Kier alpha value is -2.36. The van der Waals surface area contributed by atoms with Crippen molar-refractivity contribution < 1.29 is 19.7 Å². The molecule has 2 N–H and O–H groups in total. The number of methoxy groups -OCH3 is 2. The molecule has 19 heavy (non-hydrogen) atoms. The van der Waals surface area contributed by atoms with Crippen LogP contribution in [0.1, 0.15) is 5.56 Å². The highest BCUT2D eigenvalue weighted by Crippen LogP contribution is 2.39. The topological polar surface area (TPSA) is 58.9 Å². The molecule has 100 valence electrons. The molecule has 0 amide bonds. The van der Waals surface area contributed by atoms with Crippen LogP contribution < -0.4 is 9.47 Å². The molecular weight excluding hydrogens is 244 g/mol. The van der Waals surface area contributed by atoms with Gasteiger partial charge in [-0.1, -0.05) is 6.07 Å². The summed E-state index contributed by atoms with van der Waals surface area (Å²) in [5.74, 6) is 1.35. The minimum Gasteiger partial charge on any atom is -0.508 e. The van der Waals surface area contributed by atoms with Crippen LogP contribution in [0.5, 0.6) is 23.0 Å². The van der Waals surface area contributed by atoms with Crippen LogP contribution in [-0.2, 0) is 0 Å². The molecule has 2 aromatic rings. The summed E-state index contributed by atoms with van der Waals surface area (Å²) in [5, 5.41) is 19.6. The molecule has 0 atom stereocenters. The Morgan fingerprint density at radius 3 is 2.21 bits per heavy atom. The number of ether oxygens (including phenoxy) is 2. The van der Waals surface area contributed by atoms with E-state index in [0.29, 0.717) is 22.6 Å². The molecule has 0 aliphatic rings. The number of phenols is 2. The highest BCUT2D eigenvalue weighted by atomic mass is 16.5. The average molecular weight is 260 g/mol. The summed E-state index contributed by atoms with van der Waals surface area (Å²) in [6, 6.07) is 8.60. The third kappa shape index (κ3) is 2.29. The second-order valence-electron chi connectivity index (χ2n) is 4.18. The molecule has 0 aromatic heterocycles. The number of hydrogen-bond acceptors (Lipinski definition) is 4. The molecular formula is C15H16O4. The summed E-state index contributed by atoms with van der Waals surface area (Å²) in [6.07, 6.45) is 0. The van der Waals surface area contributed by atoms with E-state index in [4.69, 9.17) is 9.47 Å². The van der Waals surface area contributed by atoms with Crippen LogP contribution in [0, 0.1) is 6.92 Å². The van der Waals surface area contributed by atoms with Gasteiger partial charge in [-0.25, -0.2) is 0 Å². The summed E-state index contributed by atoms with van der Waals surface area (Å²) in [6.45, 7) is 1.66. The van der Waals surface area contributed by atoms with Crippen molar-refractivity contribution in [2.24, 2.45) is 0 Å².